The van der Waals surface area contributed by atoms with Gasteiger partial charge in [-0.1, -0.05) is 43.7 Å². The van der Waals surface area contributed by atoms with E-state index < -0.39 is 0 Å². The second kappa shape index (κ2) is 10.7. The monoisotopic (exact) mass is 366 g/mol. The van der Waals surface area contributed by atoms with E-state index in [1.165, 1.54) is 5.56 Å². The maximum Gasteiger partial charge on any atom is 0.308 e. The van der Waals surface area contributed by atoms with Gasteiger partial charge in [0.15, 0.2) is 0 Å². The predicted molar refractivity (Wildman–Crippen MR) is 105 cm³/mol. The van der Waals surface area contributed by atoms with E-state index in [1.807, 2.05) is 13.0 Å². The molecular weight excluding hydrogens is 328 g/mol. The third kappa shape index (κ3) is 10.5. The normalized spacial score (nSPS) is 13.5. The van der Waals surface area contributed by atoms with Crippen LogP contribution in [0.1, 0.15) is 31.7 Å². The Hall–Kier alpha value is -1.43. The number of likely N-dealkylation sites (N-methyl/N-ethyl adjacent to an activating group) is 1. The van der Waals surface area contributed by atoms with E-state index >= 15 is 0 Å². The molecule has 0 bridgehead atoms. The molecule has 0 amide bonds. The summed E-state index contributed by atoms with van der Waals surface area (Å²) in [6.07, 6.45) is 2.77. The van der Waals surface area contributed by atoms with Crippen LogP contribution < -0.4 is 0 Å². The zero-order valence-corrected chi connectivity index (χ0v) is 17.5. The van der Waals surface area contributed by atoms with Crippen molar-refractivity contribution in [3.8, 4) is 0 Å². The molecule has 148 valence electrons. The molecule has 0 heterocycles. The van der Waals surface area contributed by atoms with Crippen molar-refractivity contribution in [3.05, 3.63) is 35.9 Å². The van der Waals surface area contributed by atoms with Crippen LogP contribution in [0.25, 0.3) is 0 Å². The number of carbonyl (C=O) groups excluding carboxylic acids is 1. The second-order valence-corrected chi connectivity index (χ2v) is 8.63. The minimum atomic E-state index is -0.0837. The molecule has 0 saturated carbocycles. The maximum absolute atomic E-state index is 12.0. The first-order chi connectivity index (χ1) is 12.1. The molecule has 0 aliphatic rings. The predicted octanol–water partition coefficient (Wildman–Crippen LogP) is 3.25. The first-order valence-electron chi connectivity index (χ1n) is 9.58. The van der Waals surface area contributed by atoms with Gasteiger partial charge < -0.3 is 9.22 Å². The van der Waals surface area contributed by atoms with Crippen LogP contribution >= 0.6 is 0 Å². The van der Waals surface area contributed by atoms with Gasteiger partial charge in [0, 0.05) is 5.56 Å². The SMILES string of the molecule is CC(CCCCO[N+](C)(C)Cc1ccccc1)C(=O)OCC[N+](C)(C)C. The summed E-state index contributed by atoms with van der Waals surface area (Å²) in [6.45, 7) is 4.81. The number of unbranched alkanes of at least 4 members (excludes halogenated alkanes) is 1. The zero-order valence-electron chi connectivity index (χ0n) is 17.5. The molecule has 0 spiro atoms. The van der Waals surface area contributed by atoms with E-state index in [-0.39, 0.29) is 11.9 Å². The number of nitrogens with zero attached hydrogens (tertiary/aromatic N) is 2. The lowest BCUT2D eigenvalue weighted by atomic mass is 10.0. The van der Waals surface area contributed by atoms with Crippen LogP contribution in [-0.2, 0) is 20.9 Å². The third-order valence-electron chi connectivity index (χ3n) is 4.29. The van der Waals surface area contributed by atoms with Crippen molar-refractivity contribution in [1.82, 2.24) is 0 Å². The topological polar surface area (TPSA) is 35.5 Å². The molecule has 26 heavy (non-hydrogen) atoms. The molecule has 0 aliphatic heterocycles. The van der Waals surface area contributed by atoms with E-state index in [9.17, 15) is 4.79 Å². The van der Waals surface area contributed by atoms with E-state index in [2.05, 4.69) is 59.5 Å². The summed E-state index contributed by atoms with van der Waals surface area (Å²) in [5, 5.41) is 0. The molecule has 0 saturated heterocycles. The van der Waals surface area contributed by atoms with Crippen molar-refractivity contribution in [2.24, 2.45) is 5.92 Å². The van der Waals surface area contributed by atoms with E-state index in [4.69, 9.17) is 9.57 Å². The Bertz CT molecular complexity index is 524. The minimum Gasteiger partial charge on any atom is -0.459 e. The van der Waals surface area contributed by atoms with E-state index in [0.717, 1.165) is 36.8 Å². The van der Waals surface area contributed by atoms with Crippen molar-refractivity contribution < 1.29 is 23.5 Å². The fourth-order valence-corrected chi connectivity index (χ4v) is 2.61. The Morgan fingerprint density at radius 3 is 2.27 bits per heavy atom. The Morgan fingerprint density at radius 2 is 1.65 bits per heavy atom. The van der Waals surface area contributed by atoms with Gasteiger partial charge in [0.2, 0.25) is 0 Å². The number of benzene rings is 1. The first kappa shape index (κ1) is 22.6. The standard InChI is InChI=1S/C21H38N2O3/c1-19(21(24)25-17-15-22(2,3)4)12-10-11-16-26-23(5,6)18-20-13-8-7-9-14-20/h7-9,13-14,19H,10-12,15-18H2,1-6H3/q+2. The highest BCUT2D eigenvalue weighted by Crippen LogP contribution is 2.13. The minimum absolute atomic E-state index is 0.0470. The Labute approximate surface area is 159 Å². The molecule has 1 atom stereocenters. The number of hydrogen-bond acceptors (Lipinski definition) is 3. The van der Waals surface area contributed by atoms with Gasteiger partial charge in [0.25, 0.3) is 0 Å². The van der Waals surface area contributed by atoms with Gasteiger partial charge in [-0.15, -0.1) is 0 Å². The smallest absolute Gasteiger partial charge is 0.308 e. The van der Waals surface area contributed by atoms with Gasteiger partial charge in [0.05, 0.1) is 41.2 Å². The zero-order chi connectivity index (χ0) is 19.6. The molecule has 1 aromatic rings. The van der Waals surface area contributed by atoms with Crippen LogP contribution in [0, 0.1) is 5.92 Å². The fraction of sp³-hybridized carbons (Fsp3) is 0.667. The number of ether oxygens (including phenoxy) is 1. The quantitative estimate of drug-likeness (QED) is 0.247. The van der Waals surface area contributed by atoms with Crippen LogP contribution in [-0.4, -0.2) is 70.1 Å². The number of hydrogen-bond donors (Lipinski definition) is 0. The van der Waals surface area contributed by atoms with Crippen LogP contribution in [0.5, 0.6) is 0 Å². The molecule has 1 rings (SSSR count). The van der Waals surface area contributed by atoms with Crippen LogP contribution in [0.2, 0.25) is 0 Å². The molecular formula is C21H38N2O3+2. The molecule has 0 N–H and O–H groups in total. The number of hydroxylamine groups is 3. The average molecular weight is 367 g/mol. The summed E-state index contributed by atoms with van der Waals surface area (Å²) in [5.74, 6) is -0.131. The van der Waals surface area contributed by atoms with Crippen molar-refractivity contribution >= 4 is 5.97 Å². The molecule has 0 radical (unpaired) electrons. The van der Waals surface area contributed by atoms with E-state index in [0.29, 0.717) is 17.9 Å². The number of quaternary nitrogens is 2. The Morgan fingerprint density at radius 1 is 1.00 bits per heavy atom. The summed E-state index contributed by atoms with van der Waals surface area (Å²) < 4.78 is 6.68. The number of rotatable bonds is 12. The van der Waals surface area contributed by atoms with Gasteiger partial charge in [-0.05, 0) is 12.8 Å². The summed E-state index contributed by atoms with van der Waals surface area (Å²) in [7, 11) is 10.4. The largest absolute Gasteiger partial charge is 0.459 e. The fourth-order valence-electron chi connectivity index (χ4n) is 2.61. The van der Waals surface area contributed by atoms with Gasteiger partial charge in [-0.2, -0.15) is 4.65 Å². The van der Waals surface area contributed by atoms with Crippen LogP contribution in [0.4, 0.5) is 0 Å². The van der Waals surface area contributed by atoms with Gasteiger partial charge >= 0.3 is 5.97 Å². The molecule has 0 aromatic heterocycles. The lowest BCUT2D eigenvalue weighted by Crippen LogP contribution is -2.39. The highest BCUT2D eigenvalue weighted by atomic mass is 16.7. The van der Waals surface area contributed by atoms with Gasteiger partial charge in [0.1, 0.15) is 26.3 Å². The van der Waals surface area contributed by atoms with E-state index in [1.54, 1.807) is 0 Å². The molecule has 5 nitrogen and oxygen atoms in total. The van der Waals surface area contributed by atoms with Crippen molar-refractivity contribution in [2.45, 2.75) is 32.7 Å². The summed E-state index contributed by atoms with van der Waals surface area (Å²) >= 11 is 0. The molecule has 1 unspecified atom stereocenters. The lowest BCUT2D eigenvalue weighted by Gasteiger charge is -2.27. The second-order valence-electron chi connectivity index (χ2n) is 8.63. The summed E-state index contributed by atoms with van der Waals surface area (Å²) in [6, 6.07) is 10.4. The summed E-state index contributed by atoms with van der Waals surface area (Å²) in [4.78, 5) is 18.0. The molecule has 5 heteroatoms. The Balaban J connectivity index is 2.16. The molecule has 0 aliphatic carbocycles. The maximum atomic E-state index is 12.0. The third-order valence-corrected chi connectivity index (χ3v) is 4.29. The van der Waals surface area contributed by atoms with Gasteiger partial charge in [-0.25, -0.2) is 4.84 Å². The lowest BCUT2D eigenvalue weighted by molar-refractivity contribution is -1.09. The summed E-state index contributed by atoms with van der Waals surface area (Å²) in [5.41, 5.74) is 1.27. The van der Waals surface area contributed by atoms with Crippen LogP contribution in [0.15, 0.2) is 30.3 Å². The first-order valence-corrected chi connectivity index (χ1v) is 9.58. The average Bonchev–Trinajstić information content (AvgIpc) is 2.53. The Kier molecular flexibility index (Phi) is 9.27. The number of esters is 1. The van der Waals surface area contributed by atoms with Gasteiger partial charge in [-0.3, -0.25) is 4.79 Å². The number of carbonyl (C=O) groups is 1. The molecule has 1 aromatic carbocycles. The highest BCUT2D eigenvalue weighted by Gasteiger charge is 2.19. The van der Waals surface area contributed by atoms with Crippen molar-refractivity contribution in [1.29, 1.82) is 0 Å². The van der Waals surface area contributed by atoms with Crippen molar-refractivity contribution in [2.75, 3.05) is 55.0 Å². The van der Waals surface area contributed by atoms with Crippen molar-refractivity contribution in [3.63, 3.8) is 0 Å². The van der Waals surface area contributed by atoms with Crippen LogP contribution in [0.3, 0.4) is 0 Å². The molecule has 0 fully saturated rings. The highest BCUT2D eigenvalue weighted by molar-refractivity contribution is 5.71.